The maximum atomic E-state index is 12.2. The Morgan fingerprint density at radius 2 is 2.20 bits per heavy atom. The number of rotatable bonds is 4. The zero-order chi connectivity index (χ0) is 14.9. The standard InChI is InChI=1S/C13H16BrClN4O/c1-7(2)17-13(20)8(3)19-11(5-15)18-10-4-9(14)6-16-12(10)19/h4,6-8H,5H2,1-3H3,(H,17,20). The quantitative estimate of drug-likeness (QED) is 0.854. The topological polar surface area (TPSA) is 59.8 Å². The highest BCUT2D eigenvalue weighted by molar-refractivity contribution is 9.10. The van der Waals surface area contributed by atoms with Crippen molar-refractivity contribution in [1.82, 2.24) is 19.9 Å². The van der Waals surface area contributed by atoms with Crippen molar-refractivity contribution in [2.45, 2.75) is 38.7 Å². The molecule has 5 nitrogen and oxygen atoms in total. The van der Waals surface area contributed by atoms with Crippen LogP contribution in [0.4, 0.5) is 0 Å². The predicted octanol–water partition coefficient (Wildman–Crippen LogP) is 3.02. The lowest BCUT2D eigenvalue weighted by Gasteiger charge is -2.17. The molecular formula is C13H16BrClN4O. The Morgan fingerprint density at radius 1 is 1.50 bits per heavy atom. The van der Waals surface area contributed by atoms with Gasteiger partial charge in [0.25, 0.3) is 0 Å². The van der Waals surface area contributed by atoms with Crippen LogP contribution in [0.1, 0.15) is 32.6 Å². The van der Waals surface area contributed by atoms with E-state index in [1.165, 1.54) is 0 Å². The molecule has 1 unspecified atom stereocenters. The molecule has 2 aromatic rings. The van der Waals surface area contributed by atoms with Gasteiger partial charge in [0.2, 0.25) is 5.91 Å². The number of nitrogens with one attached hydrogen (secondary N) is 1. The fourth-order valence-electron chi connectivity index (χ4n) is 2.03. The average Bonchev–Trinajstić information content (AvgIpc) is 2.74. The first-order valence-electron chi connectivity index (χ1n) is 6.32. The lowest BCUT2D eigenvalue weighted by Crippen LogP contribution is -2.36. The molecule has 0 aromatic carbocycles. The number of hydrogen-bond donors (Lipinski definition) is 1. The Morgan fingerprint density at radius 3 is 2.80 bits per heavy atom. The van der Waals surface area contributed by atoms with Crippen molar-refractivity contribution in [2.24, 2.45) is 0 Å². The number of amides is 1. The molecule has 0 saturated carbocycles. The third kappa shape index (κ3) is 2.96. The van der Waals surface area contributed by atoms with E-state index in [0.717, 1.165) is 9.99 Å². The summed E-state index contributed by atoms with van der Waals surface area (Å²) in [5, 5.41) is 2.89. The van der Waals surface area contributed by atoms with E-state index in [2.05, 4.69) is 31.2 Å². The smallest absolute Gasteiger partial charge is 0.243 e. The Bertz CT molecular complexity index is 641. The van der Waals surface area contributed by atoms with Gasteiger partial charge in [-0.3, -0.25) is 9.36 Å². The minimum absolute atomic E-state index is 0.0737. The molecular weight excluding hydrogens is 344 g/mol. The highest BCUT2D eigenvalue weighted by Crippen LogP contribution is 2.23. The van der Waals surface area contributed by atoms with Gasteiger partial charge in [0.05, 0.1) is 5.88 Å². The van der Waals surface area contributed by atoms with Crippen molar-refractivity contribution < 1.29 is 4.79 Å². The summed E-state index contributed by atoms with van der Waals surface area (Å²) in [6.45, 7) is 5.67. The van der Waals surface area contributed by atoms with Crippen LogP contribution in [0.2, 0.25) is 0 Å². The molecule has 1 atom stereocenters. The monoisotopic (exact) mass is 358 g/mol. The number of nitrogens with zero attached hydrogens (tertiary/aromatic N) is 3. The summed E-state index contributed by atoms with van der Waals surface area (Å²) in [7, 11) is 0. The van der Waals surface area contributed by atoms with Crippen molar-refractivity contribution in [3.05, 3.63) is 22.6 Å². The number of alkyl halides is 1. The van der Waals surface area contributed by atoms with Crippen molar-refractivity contribution >= 4 is 44.6 Å². The minimum Gasteiger partial charge on any atom is -0.352 e. The van der Waals surface area contributed by atoms with Crippen molar-refractivity contribution in [2.75, 3.05) is 0 Å². The molecule has 2 rings (SSSR count). The van der Waals surface area contributed by atoms with Crippen molar-refractivity contribution in [1.29, 1.82) is 0 Å². The van der Waals surface area contributed by atoms with Crippen LogP contribution in [0, 0.1) is 0 Å². The molecule has 0 aliphatic carbocycles. The highest BCUT2D eigenvalue weighted by atomic mass is 79.9. The Balaban J connectivity index is 2.49. The van der Waals surface area contributed by atoms with Gasteiger partial charge in [0.1, 0.15) is 17.4 Å². The van der Waals surface area contributed by atoms with Crippen LogP contribution in [-0.2, 0) is 10.7 Å². The van der Waals surface area contributed by atoms with Crippen LogP contribution < -0.4 is 5.32 Å². The van der Waals surface area contributed by atoms with Gasteiger partial charge in [-0.25, -0.2) is 9.97 Å². The first-order chi connectivity index (χ1) is 9.43. The molecule has 0 bridgehead atoms. The van der Waals surface area contributed by atoms with Gasteiger partial charge in [0, 0.05) is 16.7 Å². The second kappa shape index (κ2) is 6.10. The summed E-state index contributed by atoms with van der Waals surface area (Å²) in [6.07, 6.45) is 1.69. The summed E-state index contributed by atoms with van der Waals surface area (Å²) in [5.41, 5.74) is 1.38. The van der Waals surface area contributed by atoms with E-state index in [-0.39, 0.29) is 17.8 Å². The molecule has 0 saturated heterocycles. The highest BCUT2D eigenvalue weighted by Gasteiger charge is 2.22. The van der Waals surface area contributed by atoms with Crippen molar-refractivity contribution in [3.8, 4) is 0 Å². The zero-order valence-electron chi connectivity index (χ0n) is 11.5. The third-order valence-corrected chi connectivity index (χ3v) is 3.56. The maximum Gasteiger partial charge on any atom is 0.243 e. The Labute approximate surface area is 130 Å². The zero-order valence-corrected chi connectivity index (χ0v) is 13.9. The second-order valence-electron chi connectivity index (χ2n) is 4.87. The molecule has 0 aliphatic rings. The van der Waals surface area contributed by atoms with Gasteiger partial charge < -0.3 is 5.32 Å². The van der Waals surface area contributed by atoms with Crippen LogP contribution in [0.15, 0.2) is 16.7 Å². The number of hydrogen-bond acceptors (Lipinski definition) is 3. The molecule has 108 valence electrons. The van der Waals surface area contributed by atoms with E-state index in [4.69, 9.17) is 11.6 Å². The maximum absolute atomic E-state index is 12.2. The predicted molar refractivity (Wildman–Crippen MR) is 82.8 cm³/mol. The van der Waals surface area contributed by atoms with Gasteiger partial charge in [-0.2, -0.15) is 0 Å². The van der Waals surface area contributed by atoms with E-state index < -0.39 is 6.04 Å². The summed E-state index contributed by atoms with van der Waals surface area (Å²) in [6, 6.07) is 1.54. The third-order valence-electron chi connectivity index (χ3n) is 2.89. The lowest BCUT2D eigenvalue weighted by atomic mass is 10.2. The summed E-state index contributed by atoms with van der Waals surface area (Å²) in [4.78, 5) is 21.0. The lowest BCUT2D eigenvalue weighted by molar-refractivity contribution is -0.124. The first kappa shape index (κ1) is 15.3. The molecule has 0 spiro atoms. The van der Waals surface area contributed by atoms with E-state index >= 15 is 0 Å². The molecule has 0 radical (unpaired) electrons. The summed E-state index contributed by atoms with van der Waals surface area (Å²) < 4.78 is 2.63. The molecule has 2 aromatic heterocycles. The number of pyridine rings is 1. The van der Waals surface area contributed by atoms with E-state index in [1.807, 2.05) is 26.8 Å². The number of carbonyl (C=O) groups is 1. The van der Waals surface area contributed by atoms with E-state index in [9.17, 15) is 4.79 Å². The molecule has 1 amide bonds. The van der Waals surface area contributed by atoms with Gasteiger partial charge in [0.15, 0.2) is 5.65 Å². The minimum atomic E-state index is -0.412. The average molecular weight is 360 g/mol. The fourth-order valence-corrected chi connectivity index (χ4v) is 2.54. The second-order valence-corrected chi connectivity index (χ2v) is 6.05. The van der Waals surface area contributed by atoms with Gasteiger partial charge in [-0.15, -0.1) is 11.6 Å². The SMILES string of the molecule is CC(C)NC(=O)C(C)n1c(CCl)nc2cc(Br)cnc21. The Hall–Kier alpha value is -1.14. The number of halogens is 2. The van der Waals surface area contributed by atoms with Crippen LogP contribution in [-0.4, -0.2) is 26.5 Å². The normalized spacial score (nSPS) is 12.9. The van der Waals surface area contributed by atoms with Gasteiger partial charge >= 0.3 is 0 Å². The molecule has 20 heavy (non-hydrogen) atoms. The summed E-state index contributed by atoms with van der Waals surface area (Å²) in [5.74, 6) is 0.793. The Kier molecular flexibility index (Phi) is 4.65. The van der Waals surface area contributed by atoms with Crippen LogP contribution >= 0.6 is 27.5 Å². The largest absolute Gasteiger partial charge is 0.352 e. The molecule has 1 N–H and O–H groups in total. The van der Waals surface area contributed by atoms with E-state index in [1.54, 1.807) is 10.8 Å². The number of imidazole rings is 1. The molecule has 0 aliphatic heterocycles. The van der Waals surface area contributed by atoms with E-state index in [0.29, 0.717) is 11.5 Å². The van der Waals surface area contributed by atoms with Gasteiger partial charge in [-0.1, -0.05) is 0 Å². The molecule has 0 fully saturated rings. The van der Waals surface area contributed by atoms with Crippen LogP contribution in [0.5, 0.6) is 0 Å². The number of aromatic nitrogens is 3. The van der Waals surface area contributed by atoms with Crippen molar-refractivity contribution in [3.63, 3.8) is 0 Å². The van der Waals surface area contributed by atoms with Crippen LogP contribution in [0.25, 0.3) is 11.2 Å². The number of fused-ring (bicyclic) bond motifs is 1. The van der Waals surface area contributed by atoms with Crippen LogP contribution in [0.3, 0.4) is 0 Å². The number of carbonyl (C=O) groups excluding carboxylic acids is 1. The molecule has 2 heterocycles. The fraction of sp³-hybridized carbons (Fsp3) is 0.462. The van der Waals surface area contributed by atoms with Gasteiger partial charge in [-0.05, 0) is 42.8 Å². The first-order valence-corrected chi connectivity index (χ1v) is 7.65. The summed E-state index contributed by atoms with van der Waals surface area (Å²) >= 11 is 9.31. The molecule has 7 heteroatoms.